The van der Waals surface area contributed by atoms with Gasteiger partial charge in [-0.1, -0.05) is 19.8 Å². The van der Waals surface area contributed by atoms with Gasteiger partial charge in [0.2, 0.25) is 9.84 Å². The van der Waals surface area contributed by atoms with Crippen LogP contribution in [-0.4, -0.2) is 13.2 Å². The highest BCUT2D eigenvalue weighted by Crippen LogP contribution is 2.14. The second-order valence-corrected chi connectivity index (χ2v) is 6.45. The summed E-state index contributed by atoms with van der Waals surface area (Å²) in [5.74, 6) is 2.75. The van der Waals surface area contributed by atoms with Crippen LogP contribution in [-0.2, 0) is 9.84 Å². The maximum absolute atomic E-state index is 11.4. The number of sulfone groups is 1. The van der Waals surface area contributed by atoms with Crippen molar-refractivity contribution in [3.8, 4) is 11.2 Å². The molecule has 0 saturated heterocycles. The Morgan fingerprint density at radius 2 is 1.58 bits per heavy atom. The molecule has 0 unspecified atom stereocenters. The van der Waals surface area contributed by atoms with E-state index in [0.717, 1.165) is 0 Å². The van der Waals surface area contributed by atoms with Crippen molar-refractivity contribution < 1.29 is 8.42 Å². The van der Waals surface area contributed by atoms with E-state index in [9.17, 15) is 8.42 Å². The summed E-state index contributed by atoms with van der Waals surface area (Å²) < 4.78 is 22.0. The van der Waals surface area contributed by atoms with Gasteiger partial charge in [-0.05, 0) is 20.8 Å². The van der Waals surface area contributed by atoms with Crippen LogP contribution in [0.15, 0.2) is 0 Å². The van der Waals surface area contributed by atoms with Gasteiger partial charge < -0.3 is 0 Å². The van der Waals surface area contributed by atoms with E-state index in [1.807, 2.05) is 13.8 Å². The third-order valence-electron chi connectivity index (χ3n) is 1.29. The fraction of sp³-hybridized carbons (Fsp3) is 0.778. The molecule has 0 spiro atoms. The normalized spacial score (nSPS) is 12.5. The van der Waals surface area contributed by atoms with E-state index >= 15 is 0 Å². The number of hydrogen-bond donors (Lipinski definition) is 0. The maximum atomic E-state index is 11.4. The highest BCUT2D eigenvalue weighted by Gasteiger charge is 2.26. The topological polar surface area (TPSA) is 34.1 Å². The van der Waals surface area contributed by atoms with E-state index in [0.29, 0.717) is 0 Å². The molecule has 0 rings (SSSR count). The minimum absolute atomic E-state index is 0.0992. The molecule has 0 aliphatic rings. The predicted octanol–water partition coefficient (Wildman–Crippen LogP) is 1.82. The summed E-state index contributed by atoms with van der Waals surface area (Å²) in [7, 11) is -3.25. The summed E-state index contributed by atoms with van der Waals surface area (Å²) in [5.41, 5.74) is 0. The Morgan fingerprint density at radius 3 is 1.83 bits per heavy atom. The predicted molar refractivity (Wildman–Crippen MR) is 51.3 cm³/mol. The molecule has 0 amide bonds. The Bertz CT molecular complexity index is 294. The van der Waals surface area contributed by atoms with Gasteiger partial charge in [0.15, 0.2) is 0 Å². The van der Waals surface area contributed by atoms with Crippen molar-refractivity contribution in [2.45, 2.75) is 39.4 Å². The maximum Gasteiger partial charge on any atom is 0.221 e. The lowest BCUT2D eigenvalue weighted by molar-refractivity contribution is 0.571. The molecule has 0 aliphatic carbocycles. The molecule has 0 bridgehead atoms. The van der Waals surface area contributed by atoms with Crippen molar-refractivity contribution in [1.29, 1.82) is 0 Å². The zero-order chi connectivity index (χ0) is 9.99. The standard InChI is InChI=1S/C9H16O2S/c1-8(2)6-7-12(10,11)9(3,4)5/h8H,1-5H3. The summed E-state index contributed by atoms with van der Waals surface area (Å²) in [6.45, 7) is 8.68. The Morgan fingerprint density at radius 1 is 1.17 bits per heavy atom. The molecular weight excluding hydrogens is 172 g/mol. The van der Waals surface area contributed by atoms with Crippen LogP contribution in [0.1, 0.15) is 34.6 Å². The minimum atomic E-state index is -3.25. The van der Waals surface area contributed by atoms with Gasteiger partial charge in [-0.2, -0.15) is 0 Å². The van der Waals surface area contributed by atoms with Crippen LogP contribution in [0.4, 0.5) is 0 Å². The van der Waals surface area contributed by atoms with E-state index in [4.69, 9.17) is 0 Å². The molecule has 0 aliphatic heterocycles. The van der Waals surface area contributed by atoms with Crippen LogP contribution in [0, 0.1) is 17.1 Å². The first-order valence-electron chi connectivity index (χ1n) is 3.93. The summed E-state index contributed by atoms with van der Waals surface area (Å²) in [5, 5.41) is 2.32. The van der Waals surface area contributed by atoms with Gasteiger partial charge in [0, 0.05) is 11.2 Å². The van der Waals surface area contributed by atoms with Crippen LogP contribution >= 0.6 is 0 Å². The molecule has 3 heteroatoms. The van der Waals surface area contributed by atoms with E-state index in [2.05, 4.69) is 11.2 Å². The summed E-state index contributed by atoms with van der Waals surface area (Å²) in [4.78, 5) is 0. The molecule has 2 nitrogen and oxygen atoms in total. The first kappa shape index (κ1) is 11.5. The SMILES string of the molecule is CC(C)C#CS(=O)(=O)C(C)(C)C. The summed E-state index contributed by atoms with van der Waals surface area (Å²) in [6.07, 6.45) is 0. The lowest BCUT2D eigenvalue weighted by Gasteiger charge is -2.13. The monoisotopic (exact) mass is 188 g/mol. The van der Waals surface area contributed by atoms with Gasteiger partial charge in [-0.25, -0.2) is 8.42 Å². The average Bonchev–Trinajstić information content (AvgIpc) is 1.81. The van der Waals surface area contributed by atoms with Crippen LogP contribution in [0.25, 0.3) is 0 Å². The van der Waals surface area contributed by atoms with Gasteiger partial charge in [0.05, 0.1) is 4.75 Å². The van der Waals surface area contributed by atoms with E-state index < -0.39 is 14.6 Å². The van der Waals surface area contributed by atoms with Gasteiger partial charge in [0.25, 0.3) is 0 Å². The number of hydrogen-bond acceptors (Lipinski definition) is 2. The Labute approximate surface area is 75.3 Å². The van der Waals surface area contributed by atoms with Crippen molar-refractivity contribution in [3.63, 3.8) is 0 Å². The van der Waals surface area contributed by atoms with Crippen molar-refractivity contribution >= 4 is 9.84 Å². The van der Waals surface area contributed by atoms with Gasteiger partial charge >= 0.3 is 0 Å². The van der Waals surface area contributed by atoms with Crippen molar-refractivity contribution in [2.24, 2.45) is 5.92 Å². The molecule has 0 saturated carbocycles. The molecule has 0 aromatic carbocycles. The van der Waals surface area contributed by atoms with Crippen LogP contribution in [0.3, 0.4) is 0 Å². The Kier molecular flexibility index (Phi) is 3.34. The highest BCUT2D eigenvalue weighted by atomic mass is 32.2. The second-order valence-electron chi connectivity index (χ2n) is 4.02. The average molecular weight is 188 g/mol. The fourth-order valence-electron chi connectivity index (χ4n) is 0.349. The van der Waals surface area contributed by atoms with Crippen molar-refractivity contribution in [3.05, 3.63) is 0 Å². The van der Waals surface area contributed by atoms with Crippen molar-refractivity contribution in [2.75, 3.05) is 0 Å². The fourth-order valence-corrected chi connectivity index (χ4v) is 1.05. The largest absolute Gasteiger partial charge is 0.221 e. The van der Waals surface area contributed by atoms with E-state index in [-0.39, 0.29) is 5.92 Å². The molecule has 0 radical (unpaired) electrons. The lowest BCUT2D eigenvalue weighted by Crippen LogP contribution is -2.26. The quantitative estimate of drug-likeness (QED) is 0.429. The van der Waals surface area contributed by atoms with Gasteiger partial charge in [0.1, 0.15) is 0 Å². The highest BCUT2D eigenvalue weighted by molar-refractivity contribution is 7.97. The first-order chi connectivity index (χ1) is 5.17. The zero-order valence-corrected chi connectivity index (χ0v) is 9.12. The second kappa shape index (κ2) is 3.49. The molecule has 0 N–H and O–H groups in total. The summed E-state index contributed by atoms with van der Waals surface area (Å²) >= 11 is 0. The van der Waals surface area contributed by atoms with Crippen LogP contribution in [0.2, 0.25) is 0 Å². The van der Waals surface area contributed by atoms with Crippen molar-refractivity contribution in [1.82, 2.24) is 0 Å². The van der Waals surface area contributed by atoms with E-state index in [1.165, 1.54) is 0 Å². The van der Waals surface area contributed by atoms with Gasteiger partial charge in [-0.15, -0.1) is 0 Å². The van der Waals surface area contributed by atoms with Gasteiger partial charge in [-0.3, -0.25) is 0 Å². The number of rotatable bonds is 0. The minimum Gasteiger partial charge on any atom is -0.215 e. The molecule has 0 aromatic heterocycles. The smallest absolute Gasteiger partial charge is 0.215 e. The molecule has 12 heavy (non-hydrogen) atoms. The molecule has 70 valence electrons. The first-order valence-corrected chi connectivity index (χ1v) is 5.42. The Balaban J connectivity index is 4.85. The molecular formula is C9H16O2S. The van der Waals surface area contributed by atoms with Crippen LogP contribution in [0.5, 0.6) is 0 Å². The van der Waals surface area contributed by atoms with Crippen LogP contribution < -0.4 is 0 Å². The summed E-state index contributed by atoms with van der Waals surface area (Å²) in [6, 6.07) is 0. The molecule has 0 heterocycles. The lowest BCUT2D eigenvalue weighted by atomic mass is 10.2. The Hall–Kier alpha value is -0.490. The van der Waals surface area contributed by atoms with E-state index in [1.54, 1.807) is 20.8 Å². The molecule has 0 aromatic rings. The molecule has 0 fully saturated rings. The third kappa shape index (κ3) is 3.27. The molecule has 0 atom stereocenters. The zero-order valence-electron chi connectivity index (χ0n) is 8.30. The third-order valence-corrected chi connectivity index (χ3v) is 3.29.